The molecule has 0 aliphatic carbocycles. The fourth-order valence-corrected chi connectivity index (χ4v) is 3.11. The number of methoxy groups -OCH3 is 1. The molecule has 2 aromatic rings. The summed E-state index contributed by atoms with van der Waals surface area (Å²) in [5, 5.41) is 3.15. The molecule has 0 unspecified atom stereocenters. The van der Waals surface area contributed by atoms with Gasteiger partial charge in [-0.05, 0) is 45.0 Å². The Labute approximate surface area is 142 Å². The highest BCUT2D eigenvalue weighted by Gasteiger charge is 2.34. The van der Waals surface area contributed by atoms with Crippen LogP contribution in [0.3, 0.4) is 0 Å². The molecule has 1 N–H and O–H groups in total. The van der Waals surface area contributed by atoms with Crippen LogP contribution in [0.2, 0.25) is 0 Å². The average molecular weight is 325 g/mol. The summed E-state index contributed by atoms with van der Waals surface area (Å²) in [6.45, 7) is 6.13. The van der Waals surface area contributed by atoms with Crippen molar-refractivity contribution in [3.05, 3.63) is 59.2 Å². The summed E-state index contributed by atoms with van der Waals surface area (Å²) in [4.78, 5) is 12.7. The van der Waals surface area contributed by atoms with E-state index in [4.69, 9.17) is 9.47 Å². The number of amides is 1. The maximum absolute atomic E-state index is 12.7. The van der Waals surface area contributed by atoms with Gasteiger partial charge in [-0.15, -0.1) is 0 Å². The first-order valence-electron chi connectivity index (χ1n) is 8.12. The molecule has 0 bridgehead atoms. The van der Waals surface area contributed by atoms with Crippen molar-refractivity contribution in [3.63, 3.8) is 0 Å². The first-order valence-corrected chi connectivity index (χ1v) is 8.12. The smallest absolute Gasteiger partial charge is 0.251 e. The Morgan fingerprint density at radius 1 is 1.25 bits per heavy atom. The van der Waals surface area contributed by atoms with Gasteiger partial charge in [-0.25, -0.2) is 0 Å². The van der Waals surface area contributed by atoms with Gasteiger partial charge in [0.25, 0.3) is 5.91 Å². The molecule has 4 nitrogen and oxygen atoms in total. The Bertz CT molecular complexity index is 767. The van der Waals surface area contributed by atoms with Gasteiger partial charge >= 0.3 is 0 Å². The number of hydrogen-bond acceptors (Lipinski definition) is 3. The van der Waals surface area contributed by atoms with Gasteiger partial charge in [0.05, 0.1) is 13.2 Å². The lowest BCUT2D eigenvalue weighted by Crippen LogP contribution is -2.41. The van der Waals surface area contributed by atoms with Crippen molar-refractivity contribution in [2.75, 3.05) is 7.11 Å². The number of fused-ring (bicyclic) bond motifs is 1. The Morgan fingerprint density at radius 2 is 2.04 bits per heavy atom. The summed E-state index contributed by atoms with van der Waals surface area (Å²) in [6, 6.07) is 13.2. The van der Waals surface area contributed by atoms with E-state index in [1.807, 2.05) is 45.0 Å². The van der Waals surface area contributed by atoms with Gasteiger partial charge in [-0.2, -0.15) is 0 Å². The zero-order valence-corrected chi connectivity index (χ0v) is 14.6. The van der Waals surface area contributed by atoms with E-state index in [-0.39, 0.29) is 17.6 Å². The first kappa shape index (κ1) is 16.4. The molecule has 0 radical (unpaired) electrons. The van der Waals surface area contributed by atoms with E-state index in [1.54, 1.807) is 19.2 Å². The number of rotatable bonds is 3. The lowest BCUT2D eigenvalue weighted by molar-refractivity contribution is 0.0619. The Morgan fingerprint density at radius 3 is 2.79 bits per heavy atom. The van der Waals surface area contributed by atoms with Crippen LogP contribution in [0, 0.1) is 6.92 Å². The highest BCUT2D eigenvalue weighted by molar-refractivity contribution is 5.94. The van der Waals surface area contributed by atoms with Crippen LogP contribution in [0.1, 0.15) is 47.8 Å². The van der Waals surface area contributed by atoms with Gasteiger partial charge in [-0.3, -0.25) is 4.79 Å². The molecule has 126 valence electrons. The molecule has 24 heavy (non-hydrogen) atoms. The zero-order chi connectivity index (χ0) is 17.3. The minimum absolute atomic E-state index is 0.0812. The van der Waals surface area contributed by atoms with Gasteiger partial charge in [-0.1, -0.05) is 23.8 Å². The second-order valence-electron chi connectivity index (χ2n) is 6.87. The number of benzene rings is 2. The average Bonchev–Trinajstić information content (AvgIpc) is 2.55. The van der Waals surface area contributed by atoms with Crippen molar-refractivity contribution in [2.24, 2.45) is 0 Å². The molecule has 0 fully saturated rings. The summed E-state index contributed by atoms with van der Waals surface area (Å²) in [5.74, 6) is 1.41. The predicted molar refractivity (Wildman–Crippen MR) is 93.7 cm³/mol. The summed E-state index contributed by atoms with van der Waals surface area (Å²) in [5.41, 5.74) is 2.45. The normalized spacial score (nSPS) is 18.2. The maximum Gasteiger partial charge on any atom is 0.251 e. The van der Waals surface area contributed by atoms with Crippen molar-refractivity contribution in [3.8, 4) is 11.5 Å². The Balaban J connectivity index is 1.88. The number of carbonyl (C=O) groups is 1. The Hall–Kier alpha value is -2.49. The zero-order valence-electron chi connectivity index (χ0n) is 14.6. The minimum Gasteiger partial charge on any atom is -0.497 e. The lowest BCUT2D eigenvalue weighted by Gasteiger charge is -2.38. The molecule has 0 saturated carbocycles. The van der Waals surface area contributed by atoms with E-state index in [2.05, 4.69) is 11.4 Å². The molecule has 4 heteroatoms. The van der Waals surface area contributed by atoms with Crippen LogP contribution >= 0.6 is 0 Å². The van der Waals surface area contributed by atoms with Crippen molar-refractivity contribution in [1.29, 1.82) is 0 Å². The first-order chi connectivity index (χ1) is 11.4. The molecule has 0 spiro atoms. The number of nitrogens with one attached hydrogen (secondary N) is 1. The topological polar surface area (TPSA) is 47.6 Å². The molecule has 0 saturated heterocycles. The summed E-state index contributed by atoms with van der Waals surface area (Å²) >= 11 is 0. The predicted octanol–water partition coefficient (Wildman–Crippen LogP) is 4.04. The minimum atomic E-state index is -0.325. The van der Waals surface area contributed by atoms with Crippen LogP contribution in [-0.4, -0.2) is 18.6 Å². The van der Waals surface area contributed by atoms with Crippen LogP contribution in [0.25, 0.3) is 0 Å². The standard InChI is InChI=1S/C20H23NO3/c1-13-8-9-18-16(10-13)17(12-20(2,3)24-18)21-19(22)14-6-5-7-15(11-14)23-4/h5-11,17H,12H2,1-4H3,(H,21,22)/t17-/m1/s1. The maximum atomic E-state index is 12.7. The second-order valence-corrected chi connectivity index (χ2v) is 6.87. The monoisotopic (exact) mass is 325 g/mol. The molecular weight excluding hydrogens is 302 g/mol. The third kappa shape index (κ3) is 3.37. The molecular formula is C20H23NO3. The van der Waals surface area contributed by atoms with E-state index >= 15 is 0 Å². The number of carbonyl (C=O) groups excluding carboxylic acids is 1. The molecule has 1 heterocycles. The molecule has 1 amide bonds. The summed E-state index contributed by atoms with van der Waals surface area (Å²) < 4.78 is 11.3. The van der Waals surface area contributed by atoms with Crippen molar-refractivity contribution in [2.45, 2.75) is 38.8 Å². The van der Waals surface area contributed by atoms with Crippen LogP contribution in [0.5, 0.6) is 11.5 Å². The molecule has 1 aliphatic rings. The van der Waals surface area contributed by atoms with Crippen molar-refractivity contribution < 1.29 is 14.3 Å². The van der Waals surface area contributed by atoms with Crippen LogP contribution in [0.15, 0.2) is 42.5 Å². The van der Waals surface area contributed by atoms with E-state index < -0.39 is 0 Å². The number of ether oxygens (including phenoxy) is 2. The summed E-state index contributed by atoms with van der Waals surface area (Å²) in [7, 11) is 1.59. The molecule has 2 aromatic carbocycles. The van der Waals surface area contributed by atoms with Crippen LogP contribution in [-0.2, 0) is 0 Å². The molecule has 0 aromatic heterocycles. The van der Waals surface area contributed by atoms with E-state index in [0.29, 0.717) is 11.3 Å². The van der Waals surface area contributed by atoms with Gasteiger partial charge in [0.2, 0.25) is 0 Å². The largest absolute Gasteiger partial charge is 0.497 e. The quantitative estimate of drug-likeness (QED) is 0.926. The van der Waals surface area contributed by atoms with Crippen LogP contribution < -0.4 is 14.8 Å². The molecule has 1 atom stereocenters. The number of hydrogen-bond donors (Lipinski definition) is 1. The van der Waals surface area contributed by atoms with Gasteiger partial charge in [0.15, 0.2) is 0 Å². The highest BCUT2D eigenvalue weighted by atomic mass is 16.5. The molecule has 1 aliphatic heterocycles. The lowest BCUT2D eigenvalue weighted by atomic mass is 9.88. The highest BCUT2D eigenvalue weighted by Crippen LogP contribution is 2.40. The van der Waals surface area contributed by atoms with Crippen molar-refractivity contribution >= 4 is 5.91 Å². The Kier molecular flexibility index (Phi) is 4.22. The van der Waals surface area contributed by atoms with Crippen LogP contribution in [0.4, 0.5) is 0 Å². The van der Waals surface area contributed by atoms with E-state index in [1.165, 1.54) is 0 Å². The fraction of sp³-hybridized carbons (Fsp3) is 0.350. The second kappa shape index (κ2) is 6.19. The third-order valence-corrected chi connectivity index (χ3v) is 4.26. The third-order valence-electron chi connectivity index (χ3n) is 4.26. The number of aryl methyl sites for hydroxylation is 1. The van der Waals surface area contributed by atoms with E-state index in [0.717, 1.165) is 23.3 Å². The van der Waals surface area contributed by atoms with Gasteiger partial charge in [0, 0.05) is 17.5 Å². The summed E-state index contributed by atoms with van der Waals surface area (Å²) in [6.07, 6.45) is 0.721. The van der Waals surface area contributed by atoms with Gasteiger partial charge in [0.1, 0.15) is 17.1 Å². The SMILES string of the molecule is COc1cccc(C(=O)N[C@@H]2CC(C)(C)Oc3ccc(C)cc32)c1. The van der Waals surface area contributed by atoms with Crippen molar-refractivity contribution in [1.82, 2.24) is 5.32 Å². The molecule has 3 rings (SSSR count). The fourth-order valence-electron chi connectivity index (χ4n) is 3.11. The van der Waals surface area contributed by atoms with Gasteiger partial charge < -0.3 is 14.8 Å². The van der Waals surface area contributed by atoms with E-state index in [9.17, 15) is 4.79 Å².